The van der Waals surface area contributed by atoms with E-state index in [0.29, 0.717) is 17.3 Å². The summed E-state index contributed by atoms with van der Waals surface area (Å²) in [4.78, 5) is 25.5. The molecule has 1 aliphatic heterocycles. The Morgan fingerprint density at radius 2 is 2.12 bits per heavy atom. The highest BCUT2D eigenvalue weighted by Crippen LogP contribution is 2.25. The Balaban J connectivity index is 1.70. The van der Waals surface area contributed by atoms with Gasteiger partial charge in [0.25, 0.3) is 5.56 Å². The first-order chi connectivity index (χ1) is 12.2. The molecule has 4 rings (SSSR count). The number of aromatic nitrogens is 3. The van der Waals surface area contributed by atoms with Crippen LogP contribution in [0.25, 0.3) is 16.8 Å². The highest BCUT2D eigenvalue weighted by molar-refractivity contribution is 5.84. The number of H-pyrrole nitrogens is 1. The molecule has 0 spiro atoms. The molecule has 3 aromatic rings. The number of hydrogen-bond acceptors (Lipinski definition) is 5. The summed E-state index contributed by atoms with van der Waals surface area (Å²) in [6.07, 6.45) is 6.03. The van der Waals surface area contributed by atoms with Gasteiger partial charge in [-0.05, 0) is 62.4 Å². The Bertz CT molecular complexity index is 993. The molecule has 1 aromatic carbocycles. The molecule has 1 saturated heterocycles. The second-order valence-electron chi connectivity index (χ2n) is 6.57. The highest BCUT2D eigenvalue weighted by atomic mass is 16.5. The summed E-state index contributed by atoms with van der Waals surface area (Å²) < 4.78 is 6.64. The fourth-order valence-electron chi connectivity index (χ4n) is 3.49. The first-order valence-electron chi connectivity index (χ1n) is 8.62. The normalized spacial score (nSPS) is 18.3. The molecule has 1 unspecified atom stereocenters. The Morgan fingerprint density at radius 1 is 1.20 bits per heavy atom. The summed E-state index contributed by atoms with van der Waals surface area (Å²) in [5, 5.41) is 8.23. The van der Waals surface area contributed by atoms with Gasteiger partial charge in [0.1, 0.15) is 0 Å². The second-order valence-corrected chi connectivity index (χ2v) is 6.57. The van der Waals surface area contributed by atoms with Crippen LogP contribution in [0.5, 0.6) is 0 Å². The van der Waals surface area contributed by atoms with Crippen molar-refractivity contribution in [3.05, 3.63) is 56.9 Å². The van der Waals surface area contributed by atoms with Crippen LogP contribution in [0.15, 0.2) is 44.6 Å². The van der Waals surface area contributed by atoms with Crippen molar-refractivity contribution in [2.75, 3.05) is 13.1 Å². The zero-order valence-corrected chi connectivity index (χ0v) is 13.8. The molecule has 7 nitrogen and oxygen atoms in total. The Morgan fingerprint density at radius 3 is 3.00 bits per heavy atom. The van der Waals surface area contributed by atoms with Crippen LogP contribution in [0.3, 0.4) is 0 Å². The highest BCUT2D eigenvalue weighted by Gasteiger charge is 2.16. The minimum atomic E-state index is -0.525. The molecule has 1 fully saturated rings. The summed E-state index contributed by atoms with van der Waals surface area (Å²) >= 11 is 0. The Kier molecular flexibility index (Phi) is 4.23. The lowest BCUT2D eigenvalue weighted by Gasteiger charge is -2.13. The topological polar surface area (TPSA) is 92.9 Å². The molecule has 2 aromatic heterocycles. The molecular formula is C18H20N4O3. The van der Waals surface area contributed by atoms with E-state index in [1.165, 1.54) is 41.7 Å². The molecule has 1 aliphatic rings. The van der Waals surface area contributed by atoms with Crippen molar-refractivity contribution < 1.29 is 4.52 Å². The SMILES string of the molecule is O=c1ccn(-c2noc3ccc(CC4CCCNCC4)cc23)c(=O)[nH]1. The van der Waals surface area contributed by atoms with Crippen molar-refractivity contribution >= 4 is 11.0 Å². The molecule has 0 bridgehead atoms. The molecule has 3 heterocycles. The van der Waals surface area contributed by atoms with E-state index in [1.54, 1.807) is 0 Å². The number of benzene rings is 1. The van der Waals surface area contributed by atoms with Crippen LogP contribution >= 0.6 is 0 Å². The summed E-state index contributed by atoms with van der Waals surface area (Å²) in [5.74, 6) is 1.06. The van der Waals surface area contributed by atoms with E-state index in [9.17, 15) is 9.59 Å². The third-order valence-corrected chi connectivity index (χ3v) is 4.79. The Labute approximate surface area is 143 Å². The molecule has 2 N–H and O–H groups in total. The lowest BCUT2D eigenvalue weighted by atomic mass is 9.92. The van der Waals surface area contributed by atoms with Crippen molar-refractivity contribution in [2.45, 2.75) is 25.7 Å². The van der Waals surface area contributed by atoms with Crippen molar-refractivity contribution in [3.8, 4) is 5.82 Å². The van der Waals surface area contributed by atoms with E-state index in [4.69, 9.17) is 4.52 Å². The van der Waals surface area contributed by atoms with Gasteiger partial charge in [0.15, 0.2) is 11.4 Å². The van der Waals surface area contributed by atoms with Gasteiger partial charge in [-0.15, -0.1) is 0 Å². The largest absolute Gasteiger partial charge is 0.354 e. The van der Waals surface area contributed by atoms with Gasteiger partial charge in [0.2, 0.25) is 0 Å². The molecule has 1 atom stereocenters. The molecule has 0 radical (unpaired) electrons. The van der Waals surface area contributed by atoms with Crippen molar-refractivity contribution in [3.63, 3.8) is 0 Å². The predicted molar refractivity (Wildman–Crippen MR) is 94.1 cm³/mol. The zero-order valence-electron chi connectivity index (χ0n) is 13.8. The lowest BCUT2D eigenvalue weighted by Crippen LogP contribution is -2.27. The van der Waals surface area contributed by atoms with E-state index in [-0.39, 0.29) is 0 Å². The fraction of sp³-hybridized carbons (Fsp3) is 0.389. The van der Waals surface area contributed by atoms with Crippen LogP contribution < -0.4 is 16.6 Å². The van der Waals surface area contributed by atoms with Crippen molar-refractivity contribution in [2.24, 2.45) is 5.92 Å². The van der Waals surface area contributed by atoms with Crippen LogP contribution in [-0.2, 0) is 6.42 Å². The van der Waals surface area contributed by atoms with Gasteiger partial charge in [0, 0.05) is 12.3 Å². The van der Waals surface area contributed by atoms with Crippen molar-refractivity contribution in [1.29, 1.82) is 0 Å². The van der Waals surface area contributed by atoms with Crippen LogP contribution in [0, 0.1) is 5.92 Å². The average molecular weight is 340 g/mol. The maximum absolute atomic E-state index is 12.0. The van der Waals surface area contributed by atoms with Gasteiger partial charge >= 0.3 is 5.69 Å². The van der Waals surface area contributed by atoms with Gasteiger partial charge < -0.3 is 9.84 Å². The zero-order chi connectivity index (χ0) is 17.2. The lowest BCUT2D eigenvalue weighted by molar-refractivity contribution is 0.450. The minimum Gasteiger partial charge on any atom is -0.354 e. The van der Waals surface area contributed by atoms with Gasteiger partial charge in [0.05, 0.1) is 5.39 Å². The third kappa shape index (κ3) is 3.28. The molecule has 0 saturated carbocycles. The van der Waals surface area contributed by atoms with E-state index in [2.05, 4.69) is 21.5 Å². The first-order valence-corrected chi connectivity index (χ1v) is 8.62. The number of hydrogen-bond donors (Lipinski definition) is 2. The summed E-state index contributed by atoms with van der Waals surface area (Å²) in [6, 6.07) is 7.29. The van der Waals surface area contributed by atoms with Crippen LogP contribution in [0.1, 0.15) is 24.8 Å². The average Bonchev–Trinajstić information content (AvgIpc) is 2.83. The van der Waals surface area contributed by atoms with Crippen LogP contribution in [-0.4, -0.2) is 27.8 Å². The van der Waals surface area contributed by atoms with Crippen LogP contribution in [0.4, 0.5) is 0 Å². The van der Waals surface area contributed by atoms with E-state index >= 15 is 0 Å². The molecule has 0 amide bonds. The van der Waals surface area contributed by atoms with E-state index in [1.807, 2.05) is 12.1 Å². The molecule has 25 heavy (non-hydrogen) atoms. The van der Waals surface area contributed by atoms with E-state index < -0.39 is 11.2 Å². The third-order valence-electron chi connectivity index (χ3n) is 4.79. The number of rotatable bonds is 3. The quantitative estimate of drug-likeness (QED) is 0.755. The summed E-state index contributed by atoms with van der Waals surface area (Å²) in [6.45, 7) is 2.17. The summed E-state index contributed by atoms with van der Waals surface area (Å²) in [7, 11) is 0. The maximum atomic E-state index is 12.0. The summed E-state index contributed by atoms with van der Waals surface area (Å²) in [5.41, 5.74) is 0.875. The molecule has 7 heteroatoms. The van der Waals surface area contributed by atoms with Gasteiger partial charge in [-0.25, -0.2) is 9.36 Å². The number of fused-ring (bicyclic) bond motifs is 1. The van der Waals surface area contributed by atoms with Gasteiger partial charge in [-0.1, -0.05) is 11.2 Å². The number of nitrogens with one attached hydrogen (secondary N) is 2. The molecular weight excluding hydrogens is 320 g/mol. The maximum Gasteiger partial charge on any atom is 0.334 e. The monoisotopic (exact) mass is 340 g/mol. The van der Waals surface area contributed by atoms with Crippen LogP contribution in [0.2, 0.25) is 0 Å². The number of nitrogens with zero attached hydrogens (tertiary/aromatic N) is 2. The Hall–Kier alpha value is -2.67. The van der Waals surface area contributed by atoms with Gasteiger partial charge in [-0.3, -0.25) is 9.78 Å². The molecule has 130 valence electrons. The number of aromatic amines is 1. The predicted octanol–water partition coefficient (Wildman–Crippen LogP) is 1.60. The van der Waals surface area contributed by atoms with E-state index in [0.717, 1.165) is 24.9 Å². The molecule has 0 aliphatic carbocycles. The standard InChI is InChI=1S/C18H20N4O3/c23-16-6-9-22(18(24)20-16)17-14-11-13(3-4-15(14)25-21-17)10-12-2-1-7-19-8-5-12/h3-4,6,9,11-12,19H,1-2,5,7-8,10H2,(H,20,23,24). The fourth-order valence-corrected chi connectivity index (χ4v) is 3.49. The second kappa shape index (κ2) is 6.68. The smallest absolute Gasteiger partial charge is 0.334 e. The van der Waals surface area contributed by atoms with Crippen molar-refractivity contribution in [1.82, 2.24) is 20.0 Å². The first kappa shape index (κ1) is 15.8. The minimum absolute atomic E-state index is 0.403. The van der Waals surface area contributed by atoms with Gasteiger partial charge in [-0.2, -0.15) is 0 Å².